The molecule has 0 amide bonds. The average molecular weight is 292 g/mol. The highest BCUT2D eigenvalue weighted by atomic mass is 32.2. The SMILES string of the molecule is CCCCCCCCCC(=O)CSc1ccccc1C. The zero-order valence-corrected chi connectivity index (χ0v) is 13.8. The Labute approximate surface area is 128 Å². The van der Waals surface area contributed by atoms with Gasteiger partial charge in [0.1, 0.15) is 5.78 Å². The highest BCUT2D eigenvalue weighted by Crippen LogP contribution is 2.22. The number of Topliss-reactive ketones (excluding diaryl/α,β-unsaturated/α-hetero) is 1. The molecule has 1 aromatic rings. The Hall–Kier alpha value is -0.760. The number of rotatable bonds is 11. The molecule has 0 radical (unpaired) electrons. The van der Waals surface area contributed by atoms with Gasteiger partial charge in [-0.05, 0) is 25.0 Å². The summed E-state index contributed by atoms with van der Waals surface area (Å²) >= 11 is 1.68. The normalized spacial score (nSPS) is 10.7. The van der Waals surface area contributed by atoms with E-state index in [0.29, 0.717) is 11.5 Å². The maximum Gasteiger partial charge on any atom is 0.143 e. The van der Waals surface area contributed by atoms with Gasteiger partial charge in [0.2, 0.25) is 0 Å². The number of carbonyl (C=O) groups is 1. The van der Waals surface area contributed by atoms with Gasteiger partial charge in [0.15, 0.2) is 0 Å². The van der Waals surface area contributed by atoms with Crippen molar-refractivity contribution in [2.45, 2.75) is 70.1 Å². The molecule has 0 unspecified atom stereocenters. The number of thioether (sulfide) groups is 1. The molecule has 0 aliphatic rings. The second kappa shape index (κ2) is 11.0. The third kappa shape index (κ3) is 7.74. The number of aryl methyl sites for hydroxylation is 1. The van der Waals surface area contributed by atoms with Gasteiger partial charge in [-0.3, -0.25) is 4.79 Å². The molecule has 0 N–H and O–H groups in total. The molecule has 2 heteroatoms. The highest BCUT2D eigenvalue weighted by Gasteiger charge is 2.04. The number of hydrogen-bond acceptors (Lipinski definition) is 2. The Morgan fingerprint density at radius 1 is 1.00 bits per heavy atom. The molecule has 0 bridgehead atoms. The molecule has 20 heavy (non-hydrogen) atoms. The number of hydrogen-bond donors (Lipinski definition) is 0. The van der Waals surface area contributed by atoms with E-state index in [1.54, 1.807) is 11.8 Å². The molecule has 0 atom stereocenters. The minimum atomic E-state index is 0.395. The topological polar surface area (TPSA) is 17.1 Å². The molecule has 0 aliphatic heterocycles. The van der Waals surface area contributed by atoms with Crippen molar-refractivity contribution in [3.63, 3.8) is 0 Å². The van der Waals surface area contributed by atoms with E-state index in [4.69, 9.17) is 0 Å². The van der Waals surface area contributed by atoms with Gasteiger partial charge in [0.05, 0.1) is 5.75 Å². The number of unbranched alkanes of at least 4 members (excludes halogenated alkanes) is 6. The molecule has 0 saturated carbocycles. The summed E-state index contributed by atoms with van der Waals surface area (Å²) in [5.41, 5.74) is 1.27. The molecule has 0 heterocycles. The summed E-state index contributed by atoms with van der Waals surface area (Å²) in [6.45, 7) is 4.34. The fourth-order valence-electron chi connectivity index (χ4n) is 2.23. The monoisotopic (exact) mass is 292 g/mol. The lowest BCUT2D eigenvalue weighted by Crippen LogP contribution is -2.01. The molecular formula is C18H28OS. The highest BCUT2D eigenvalue weighted by molar-refractivity contribution is 8.00. The summed E-state index contributed by atoms with van der Waals surface area (Å²) in [4.78, 5) is 13.1. The predicted molar refractivity (Wildman–Crippen MR) is 89.5 cm³/mol. The maximum atomic E-state index is 11.8. The first-order chi connectivity index (χ1) is 9.74. The van der Waals surface area contributed by atoms with Crippen molar-refractivity contribution in [2.75, 3.05) is 5.75 Å². The fraction of sp³-hybridized carbons (Fsp3) is 0.611. The van der Waals surface area contributed by atoms with Gasteiger partial charge in [0, 0.05) is 11.3 Å². The first-order valence-corrected chi connectivity index (χ1v) is 8.92. The Kier molecular flexibility index (Phi) is 9.48. The van der Waals surface area contributed by atoms with Crippen LogP contribution in [-0.4, -0.2) is 11.5 Å². The Morgan fingerprint density at radius 2 is 1.65 bits per heavy atom. The fourth-order valence-corrected chi connectivity index (χ4v) is 3.16. The molecule has 0 aliphatic carbocycles. The summed E-state index contributed by atoms with van der Waals surface area (Å²) in [6, 6.07) is 8.28. The van der Waals surface area contributed by atoms with Crippen LogP contribution in [0.5, 0.6) is 0 Å². The van der Waals surface area contributed by atoms with Crippen LogP contribution >= 0.6 is 11.8 Å². The predicted octanol–water partition coefficient (Wildman–Crippen LogP) is 5.80. The second-order valence-corrected chi connectivity index (χ2v) is 6.48. The number of benzene rings is 1. The van der Waals surface area contributed by atoms with Crippen molar-refractivity contribution < 1.29 is 4.79 Å². The van der Waals surface area contributed by atoms with E-state index in [1.165, 1.54) is 49.0 Å². The van der Waals surface area contributed by atoms with Crippen molar-refractivity contribution in [2.24, 2.45) is 0 Å². The van der Waals surface area contributed by atoms with Crippen LogP contribution in [0.25, 0.3) is 0 Å². The Bertz CT molecular complexity index is 387. The summed E-state index contributed by atoms with van der Waals surface area (Å²) in [5, 5.41) is 0. The van der Waals surface area contributed by atoms with E-state index in [-0.39, 0.29) is 0 Å². The minimum absolute atomic E-state index is 0.395. The average Bonchev–Trinajstić information content (AvgIpc) is 2.45. The lowest BCUT2D eigenvalue weighted by molar-refractivity contribution is -0.116. The lowest BCUT2D eigenvalue weighted by Gasteiger charge is -2.05. The Balaban J connectivity index is 2.05. The van der Waals surface area contributed by atoms with E-state index in [2.05, 4.69) is 26.0 Å². The van der Waals surface area contributed by atoms with Gasteiger partial charge in [-0.15, -0.1) is 11.8 Å². The van der Waals surface area contributed by atoms with E-state index in [9.17, 15) is 4.79 Å². The van der Waals surface area contributed by atoms with E-state index in [1.807, 2.05) is 12.1 Å². The van der Waals surface area contributed by atoms with Gasteiger partial charge >= 0.3 is 0 Å². The van der Waals surface area contributed by atoms with Crippen LogP contribution in [-0.2, 0) is 4.79 Å². The summed E-state index contributed by atoms with van der Waals surface area (Å²) in [6.07, 6.45) is 9.67. The van der Waals surface area contributed by atoms with Crippen LogP contribution < -0.4 is 0 Å². The quantitative estimate of drug-likeness (QED) is 0.379. The summed E-state index contributed by atoms with van der Waals surface area (Å²) in [7, 11) is 0. The molecule has 1 rings (SSSR count). The van der Waals surface area contributed by atoms with Gasteiger partial charge in [-0.25, -0.2) is 0 Å². The van der Waals surface area contributed by atoms with E-state index >= 15 is 0 Å². The van der Waals surface area contributed by atoms with Gasteiger partial charge in [-0.1, -0.05) is 63.6 Å². The molecule has 112 valence electrons. The molecule has 1 nitrogen and oxygen atoms in total. The number of ketones is 1. The zero-order valence-electron chi connectivity index (χ0n) is 13.0. The lowest BCUT2D eigenvalue weighted by atomic mass is 10.1. The summed E-state index contributed by atoms with van der Waals surface area (Å²) in [5.74, 6) is 1.02. The maximum absolute atomic E-state index is 11.8. The third-order valence-corrected chi connectivity index (χ3v) is 4.78. The molecular weight excluding hydrogens is 264 g/mol. The molecule has 0 aromatic heterocycles. The van der Waals surface area contributed by atoms with Gasteiger partial charge in [0.25, 0.3) is 0 Å². The van der Waals surface area contributed by atoms with Crippen molar-refractivity contribution >= 4 is 17.5 Å². The largest absolute Gasteiger partial charge is 0.299 e. The van der Waals surface area contributed by atoms with Crippen LogP contribution in [0.2, 0.25) is 0 Å². The zero-order chi connectivity index (χ0) is 14.6. The van der Waals surface area contributed by atoms with Crippen molar-refractivity contribution in [1.29, 1.82) is 0 Å². The standard InChI is InChI=1S/C18H28OS/c1-3-4-5-6-7-8-9-13-17(19)15-20-18-14-11-10-12-16(18)2/h10-12,14H,3-9,13,15H2,1-2H3. The smallest absolute Gasteiger partial charge is 0.143 e. The third-order valence-electron chi connectivity index (χ3n) is 3.54. The van der Waals surface area contributed by atoms with Crippen molar-refractivity contribution in [1.82, 2.24) is 0 Å². The first kappa shape index (κ1) is 17.3. The van der Waals surface area contributed by atoms with Gasteiger partial charge < -0.3 is 0 Å². The van der Waals surface area contributed by atoms with Crippen LogP contribution in [0.3, 0.4) is 0 Å². The second-order valence-electron chi connectivity index (χ2n) is 5.46. The van der Waals surface area contributed by atoms with Crippen LogP contribution in [0, 0.1) is 6.92 Å². The summed E-state index contributed by atoms with van der Waals surface area (Å²) < 4.78 is 0. The first-order valence-electron chi connectivity index (χ1n) is 7.94. The van der Waals surface area contributed by atoms with E-state index < -0.39 is 0 Å². The van der Waals surface area contributed by atoms with Crippen LogP contribution in [0.15, 0.2) is 29.2 Å². The molecule has 0 saturated heterocycles. The van der Waals surface area contributed by atoms with Crippen molar-refractivity contribution in [3.05, 3.63) is 29.8 Å². The Morgan fingerprint density at radius 3 is 2.35 bits per heavy atom. The van der Waals surface area contributed by atoms with E-state index in [0.717, 1.165) is 12.8 Å². The van der Waals surface area contributed by atoms with Gasteiger partial charge in [-0.2, -0.15) is 0 Å². The molecule has 0 spiro atoms. The minimum Gasteiger partial charge on any atom is -0.299 e. The van der Waals surface area contributed by atoms with Crippen LogP contribution in [0.4, 0.5) is 0 Å². The molecule has 0 fully saturated rings. The number of carbonyl (C=O) groups excluding carboxylic acids is 1. The molecule has 1 aromatic carbocycles. The van der Waals surface area contributed by atoms with Crippen LogP contribution in [0.1, 0.15) is 63.9 Å². The van der Waals surface area contributed by atoms with Crippen molar-refractivity contribution in [3.8, 4) is 0 Å².